The largest absolute Gasteiger partial charge is 0.497 e. The minimum atomic E-state index is -0.0661. The number of nitrogens with zero attached hydrogens (tertiary/aromatic N) is 6. The van der Waals surface area contributed by atoms with Crippen LogP contribution >= 0.6 is 11.6 Å². The molecule has 4 heterocycles. The van der Waals surface area contributed by atoms with Gasteiger partial charge in [-0.15, -0.1) is 0 Å². The maximum Gasteiger partial charge on any atom is 0.238 e. The first kappa shape index (κ1) is 28.0. The Morgan fingerprint density at radius 3 is 2.79 bits per heavy atom. The Morgan fingerprint density at radius 1 is 1.12 bits per heavy atom. The fourth-order valence-corrected chi connectivity index (χ4v) is 5.43. The van der Waals surface area contributed by atoms with Crippen LogP contribution in [0.1, 0.15) is 23.1 Å². The lowest BCUT2D eigenvalue weighted by Crippen LogP contribution is -2.54. The van der Waals surface area contributed by atoms with Gasteiger partial charge in [0.1, 0.15) is 28.8 Å². The summed E-state index contributed by atoms with van der Waals surface area (Å²) in [4.78, 5) is 31.0. The minimum Gasteiger partial charge on any atom is -0.497 e. The lowest BCUT2D eigenvalue weighted by Gasteiger charge is -2.42. The van der Waals surface area contributed by atoms with Crippen molar-refractivity contribution in [3.8, 4) is 17.4 Å². The molecule has 1 unspecified atom stereocenters. The summed E-state index contributed by atoms with van der Waals surface area (Å²) >= 11 is 6.41. The van der Waals surface area contributed by atoms with E-state index in [4.69, 9.17) is 30.8 Å². The summed E-state index contributed by atoms with van der Waals surface area (Å²) in [5.41, 5.74) is 3.19. The van der Waals surface area contributed by atoms with Gasteiger partial charge in [0.15, 0.2) is 6.79 Å². The fraction of sp³-hybridized carbons (Fsp3) is 0.333. The van der Waals surface area contributed by atoms with E-state index >= 15 is 0 Å². The third-order valence-electron chi connectivity index (χ3n) is 7.47. The van der Waals surface area contributed by atoms with Gasteiger partial charge in [-0.1, -0.05) is 29.8 Å². The third kappa shape index (κ3) is 6.64. The SMILES string of the molecule is COc1ccc(CNC(=O)CC2CN(c3cc(Cl)nc(-n4ccnc4)n3)CCN2Cc2ccc3c(c2)COCO3)cc1. The summed E-state index contributed by atoms with van der Waals surface area (Å²) in [6, 6.07) is 15.6. The van der Waals surface area contributed by atoms with Crippen LogP contribution in [0.15, 0.2) is 67.3 Å². The number of carbonyl (C=O) groups excluding carboxylic acids is 1. The summed E-state index contributed by atoms with van der Waals surface area (Å²) < 4.78 is 18.0. The number of carbonyl (C=O) groups is 1. The number of hydrogen-bond acceptors (Lipinski definition) is 9. The molecular weight excluding hydrogens is 558 g/mol. The second-order valence-electron chi connectivity index (χ2n) is 10.3. The first-order chi connectivity index (χ1) is 20.5. The molecule has 1 atom stereocenters. The van der Waals surface area contributed by atoms with Gasteiger partial charge in [0.2, 0.25) is 11.9 Å². The van der Waals surface area contributed by atoms with Crippen LogP contribution in [-0.2, 0) is 29.2 Å². The number of piperazine rings is 1. The maximum atomic E-state index is 13.2. The number of hydrogen-bond donors (Lipinski definition) is 1. The zero-order chi connectivity index (χ0) is 28.9. The van der Waals surface area contributed by atoms with Gasteiger partial charge in [0, 0.05) is 69.2 Å². The van der Waals surface area contributed by atoms with Crippen LogP contribution in [0.5, 0.6) is 11.5 Å². The Balaban J connectivity index is 1.19. The molecule has 0 radical (unpaired) electrons. The van der Waals surface area contributed by atoms with E-state index in [2.05, 4.69) is 37.2 Å². The Morgan fingerprint density at radius 2 is 1.98 bits per heavy atom. The van der Waals surface area contributed by atoms with Gasteiger partial charge in [-0.2, -0.15) is 4.98 Å². The molecule has 0 spiro atoms. The summed E-state index contributed by atoms with van der Waals surface area (Å²) in [6.07, 6.45) is 5.41. The monoisotopic (exact) mass is 589 g/mol. The number of ether oxygens (including phenoxy) is 3. The van der Waals surface area contributed by atoms with Crippen LogP contribution in [0.2, 0.25) is 5.15 Å². The summed E-state index contributed by atoms with van der Waals surface area (Å²) in [5, 5.41) is 3.43. The highest BCUT2D eigenvalue weighted by Crippen LogP contribution is 2.27. The number of anilines is 1. The second kappa shape index (κ2) is 12.8. The third-order valence-corrected chi connectivity index (χ3v) is 7.66. The Hall–Kier alpha value is -4.19. The number of imidazole rings is 1. The van der Waals surface area contributed by atoms with Gasteiger partial charge < -0.3 is 24.4 Å². The average Bonchev–Trinajstić information content (AvgIpc) is 3.56. The molecule has 6 rings (SSSR count). The van der Waals surface area contributed by atoms with Crippen molar-refractivity contribution in [2.24, 2.45) is 0 Å². The molecule has 42 heavy (non-hydrogen) atoms. The molecule has 2 aromatic carbocycles. The molecule has 0 saturated carbocycles. The summed E-state index contributed by atoms with van der Waals surface area (Å²) in [6.45, 7) is 4.01. The van der Waals surface area contributed by atoms with Crippen molar-refractivity contribution in [1.29, 1.82) is 0 Å². The van der Waals surface area contributed by atoms with E-state index in [0.717, 1.165) is 41.3 Å². The van der Waals surface area contributed by atoms with E-state index < -0.39 is 0 Å². The second-order valence-corrected chi connectivity index (χ2v) is 10.7. The van der Waals surface area contributed by atoms with Crippen LogP contribution in [0.25, 0.3) is 5.95 Å². The number of methoxy groups -OCH3 is 1. The Labute approximate surface area is 249 Å². The standard InChI is InChI=1S/C30H32ClN7O4/c1-40-25-5-2-21(3-6-25)15-33-29(39)13-24-17-37(28-14-27(31)34-30(35-28)38-9-8-32-19-38)11-10-36(24)16-22-4-7-26-23(12-22)18-41-20-42-26/h2-9,12,14,19,24H,10-11,13,15-18,20H2,1H3,(H,33,39). The van der Waals surface area contributed by atoms with Crippen LogP contribution in [0.3, 0.4) is 0 Å². The quantitative estimate of drug-likeness (QED) is 0.293. The van der Waals surface area contributed by atoms with Gasteiger partial charge >= 0.3 is 0 Å². The minimum absolute atomic E-state index is 0.0188. The predicted molar refractivity (Wildman–Crippen MR) is 157 cm³/mol. The molecule has 1 N–H and O–H groups in total. The van der Waals surface area contributed by atoms with Crippen molar-refractivity contribution in [2.75, 3.05) is 38.4 Å². The molecule has 0 aliphatic carbocycles. The van der Waals surface area contributed by atoms with Crippen molar-refractivity contribution in [3.63, 3.8) is 0 Å². The molecule has 2 aromatic heterocycles. The Kier molecular flexibility index (Phi) is 8.50. The molecule has 1 saturated heterocycles. The molecule has 218 valence electrons. The number of benzene rings is 2. The lowest BCUT2D eigenvalue weighted by atomic mass is 10.0. The first-order valence-corrected chi connectivity index (χ1v) is 14.2. The Bertz CT molecular complexity index is 1520. The van der Waals surface area contributed by atoms with Gasteiger partial charge in [-0.25, -0.2) is 9.97 Å². The predicted octanol–water partition coefficient (Wildman–Crippen LogP) is 3.59. The van der Waals surface area contributed by atoms with Crippen LogP contribution in [0.4, 0.5) is 5.82 Å². The first-order valence-electron chi connectivity index (χ1n) is 13.8. The molecule has 11 nitrogen and oxygen atoms in total. The summed E-state index contributed by atoms with van der Waals surface area (Å²) in [7, 11) is 1.63. The van der Waals surface area contributed by atoms with Crippen molar-refractivity contribution >= 4 is 23.3 Å². The van der Waals surface area contributed by atoms with Crippen LogP contribution in [-0.4, -0.2) is 69.9 Å². The summed E-state index contributed by atoms with van der Waals surface area (Å²) in [5.74, 6) is 2.78. The van der Waals surface area contributed by atoms with E-state index in [0.29, 0.717) is 49.6 Å². The molecule has 12 heteroatoms. The molecule has 0 bridgehead atoms. The van der Waals surface area contributed by atoms with E-state index in [-0.39, 0.29) is 18.7 Å². The molecule has 4 aromatic rings. The van der Waals surface area contributed by atoms with Crippen molar-refractivity contribution in [1.82, 2.24) is 29.7 Å². The van der Waals surface area contributed by atoms with Gasteiger partial charge in [-0.05, 0) is 35.4 Å². The van der Waals surface area contributed by atoms with Crippen molar-refractivity contribution in [2.45, 2.75) is 32.2 Å². The molecule has 2 aliphatic heterocycles. The zero-order valence-electron chi connectivity index (χ0n) is 23.3. The van der Waals surface area contributed by atoms with E-state index in [9.17, 15) is 4.79 Å². The van der Waals surface area contributed by atoms with E-state index in [1.54, 1.807) is 36.5 Å². The van der Waals surface area contributed by atoms with Gasteiger partial charge in [0.05, 0.1) is 13.7 Å². The highest BCUT2D eigenvalue weighted by molar-refractivity contribution is 6.29. The normalized spacial score (nSPS) is 16.9. The average molecular weight is 590 g/mol. The van der Waals surface area contributed by atoms with Gasteiger partial charge in [0.25, 0.3) is 0 Å². The highest BCUT2D eigenvalue weighted by atomic mass is 35.5. The number of fused-ring (bicyclic) bond motifs is 1. The molecule has 1 fully saturated rings. The highest BCUT2D eigenvalue weighted by Gasteiger charge is 2.30. The molecular formula is C30H32ClN7O4. The number of nitrogens with one attached hydrogen (secondary N) is 1. The number of aromatic nitrogens is 4. The smallest absolute Gasteiger partial charge is 0.238 e. The lowest BCUT2D eigenvalue weighted by molar-refractivity contribution is -0.122. The maximum absolute atomic E-state index is 13.2. The van der Waals surface area contributed by atoms with Crippen molar-refractivity contribution in [3.05, 3.63) is 89.1 Å². The molecule has 2 aliphatic rings. The van der Waals surface area contributed by atoms with E-state index in [1.807, 2.05) is 30.3 Å². The number of amides is 1. The number of halogens is 1. The zero-order valence-corrected chi connectivity index (χ0v) is 24.0. The topological polar surface area (TPSA) is 107 Å². The van der Waals surface area contributed by atoms with Crippen LogP contribution < -0.4 is 19.7 Å². The van der Waals surface area contributed by atoms with Gasteiger partial charge in [-0.3, -0.25) is 14.3 Å². The van der Waals surface area contributed by atoms with Crippen molar-refractivity contribution < 1.29 is 19.0 Å². The number of rotatable bonds is 9. The van der Waals surface area contributed by atoms with Crippen LogP contribution in [0, 0.1) is 0 Å². The fourth-order valence-electron chi connectivity index (χ4n) is 5.26. The molecule has 1 amide bonds. The van der Waals surface area contributed by atoms with E-state index in [1.165, 1.54) is 0 Å².